The van der Waals surface area contributed by atoms with Crippen molar-refractivity contribution >= 4 is 29.9 Å². The Bertz CT molecular complexity index is 1090. The number of alkyl halides is 1. The summed E-state index contributed by atoms with van der Waals surface area (Å²) in [7, 11) is 0.0615. The van der Waals surface area contributed by atoms with Gasteiger partial charge in [0.1, 0.15) is 12.4 Å². The second kappa shape index (κ2) is 13.0. The summed E-state index contributed by atoms with van der Waals surface area (Å²) in [6.07, 6.45) is 1.52. The number of hydrogen-bond donors (Lipinski definition) is 0. The van der Waals surface area contributed by atoms with Gasteiger partial charge in [-0.2, -0.15) is 0 Å². The van der Waals surface area contributed by atoms with E-state index in [2.05, 4.69) is 65.6 Å². The molecule has 180 valence electrons. The van der Waals surface area contributed by atoms with Crippen molar-refractivity contribution in [2.24, 2.45) is 0 Å². The number of nitrogens with zero attached hydrogens (tertiary/aromatic N) is 1. The van der Waals surface area contributed by atoms with E-state index in [0.29, 0.717) is 12.5 Å². The quantitative estimate of drug-likeness (QED) is 0.151. The Morgan fingerprint density at radius 2 is 1.38 bits per heavy atom. The smallest absolute Gasteiger partial charge is 0.119 e. The van der Waals surface area contributed by atoms with Crippen LogP contribution in [0.3, 0.4) is 0 Å². The van der Waals surface area contributed by atoms with E-state index in [1.165, 1.54) is 22.3 Å². The first kappa shape index (κ1) is 26.3. The number of benzene rings is 3. The molecule has 5 heteroatoms. The molecular formula is C29H35ClNO2P. The summed E-state index contributed by atoms with van der Waals surface area (Å²) in [6.45, 7) is 5.89. The predicted octanol–water partition coefficient (Wildman–Crippen LogP) is 7.21. The van der Waals surface area contributed by atoms with Crippen molar-refractivity contribution in [2.45, 2.75) is 6.42 Å². The van der Waals surface area contributed by atoms with Crippen LogP contribution in [0.4, 0.5) is 0 Å². The van der Waals surface area contributed by atoms with Crippen molar-refractivity contribution in [3.05, 3.63) is 102 Å². The van der Waals surface area contributed by atoms with Gasteiger partial charge < -0.3 is 14.2 Å². The number of likely N-dealkylation sites (N-methyl/N-ethyl adjacent to an activating group) is 1. The minimum absolute atomic E-state index is 0.556. The van der Waals surface area contributed by atoms with E-state index in [4.69, 9.17) is 16.3 Å². The minimum Gasteiger partial charge on any atom is -0.492 e. The zero-order valence-electron chi connectivity index (χ0n) is 20.4. The Balaban J connectivity index is 1.80. The van der Waals surface area contributed by atoms with Crippen molar-refractivity contribution in [1.82, 2.24) is 4.90 Å². The molecule has 0 N–H and O–H groups in total. The first-order valence-electron chi connectivity index (χ1n) is 11.7. The van der Waals surface area contributed by atoms with Gasteiger partial charge >= 0.3 is 0 Å². The standard InChI is InChI=1S/C29H35ClNO2P/c1-31(21-23-34(2,3)32)20-22-33-27-16-14-26(15-17-27)29(25-12-8-5-9-13-25)28(18-19-30)24-10-6-4-7-11-24/h4-17H,18-23H2,1-3H3/b29-28-. The summed E-state index contributed by atoms with van der Waals surface area (Å²) in [6, 6.07) is 29.3. The highest BCUT2D eigenvalue weighted by molar-refractivity contribution is 7.62. The van der Waals surface area contributed by atoms with Crippen molar-refractivity contribution in [3.8, 4) is 5.75 Å². The van der Waals surface area contributed by atoms with Gasteiger partial charge in [0.05, 0.1) is 7.14 Å². The van der Waals surface area contributed by atoms with Crippen molar-refractivity contribution < 1.29 is 9.30 Å². The fraction of sp³-hybridized carbons (Fsp3) is 0.310. The zero-order chi connectivity index (χ0) is 24.4. The molecule has 0 aliphatic heterocycles. The summed E-state index contributed by atoms with van der Waals surface area (Å²) in [5.74, 6) is 1.40. The predicted molar refractivity (Wildman–Crippen MR) is 148 cm³/mol. The summed E-state index contributed by atoms with van der Waals surface area (Å²) < 4.78 is 17.9. The van der Waals surface area contributed by atoms with E-state index in [-0.39, 0.29) is 0 Å². The average Bonchev–Trinajstić information content (AvgIpc) is 2.84. The van der Waals surface area contributed by atoms with Crippen molar-refractivity contribution in [3.63, 3.8) is 0 Å². The Hall–Kier alpha value is -2.32. The van der Waals surface area contributed by atoms with Crippen molar-refractivity contribution in [1.29, 1.82) is 0 Å². The Morgan fingerprint density at radius 3 is 1.94 bits per heavy atom. The molecule has 0 fully saturated rings. The van der Waals surface area contributed by atoms with E-state index < -0.39 is 7.14 Å². The molecule has 0 aromatic heterocycles. The minimum atomic E-state index is -1.98. The molecule has 3 aromatic rings. The second-order valence-corrected chi connectivity index (χ2v) is 13.0. The molecule has 0 radical (unpaired) electrons. The monoisotopic (exact) mass is 495 g/mol. The molecule has 3 rings (SSSR count). The van der Waals surface area contributed by atoms with Crippen LogP contribution in [0.5, 0.6) is 5.75 Å². The average molecular weight is 496 g/mol. The lowest BCUT2D eigenvalue weighted by Gasteiger charge is -2.19. The van der Waals surface area contributed by atoms with Crippen LogP contribution < -0.4 is 4.74 Å². The Morgan fingerprint density at radius 1 is 0.824 bits per heavy atom. The maximum absolute atomic E-state index is 11.9. The molecule has 0 spiro atoms. The maximum atomic E-state index is 11.9. The first-order valence-corrected chi connectivity index (χ1v) is 15.1. The molecular weight excluding hydrogens is 461 g/mol. The molecule has 0 unspecified atom stereocenters. The van der Waals surface area contributed by atoms with Crippen LogP contribution >= 0.6 is 18.7 Å². The van der Waals surface area contributed by atoms with Crippen LogP contribution in [-0.2, 0) is 4.57 Å². The van der Waals surface area contributed by atoms with Crippen LogP contribution in [0, 0.1) is 0 Å². The Kier molecular flexibility index (Phi) is 10.0. The fourth-order valence-corrected chi connectivity index (χ4v) is 4.84. The van der Waals surface area contributed by atoms with Gasteiger partial charge in [0.2, 0.25) is 0 Å². The number of allylic oxidation sites excluding steroid dienone is 1. The van der Waals surface area contributed by atoms with E-state index in [1.807, 2.05) is 44.6 Å². The molecule has 0 atom stereocenters. The van der Waals surface area contributed by atoms with Gasteiger partial charge in [-0.1, -0.05) is 72.8 Å². The maximum Gasteiger partial charge on any atom is 0.119 e. The van der Waals surface area contributed by atoms with E-state index in [9.17, 15) is 4.57 Å². The molecule has 0 aliphatic carbocycles. The highest BCUT2D eigenvalue weighted by Gasteiger charge is 2.14. The van der Waals surface area contributed by atoms with Gasteiger partial charge in [-0.05, 0) is 66.8 Å². The third-order valence-corrected chi connectivity index (χ3v) is 7.20. The molecule has 0 amide bonds. The molecule has 0 heterocycles. The van der Waals surface area contributed by atoms with Crippen LogP contribution in [0.1, 0.15) is 23.1 Å². The fourth-order valence-electron chi connectivity index (χ4n) is 3.83. The molecule has 0 bridgehead atoms. The van der Waals surface area contributed by atoms with Gasteiger partial charge in [-0.15, -0.1) is 11.6 Å². The molecule has 3 nitrogen and oxygen atoms in total. The summed E-state index contributed by atoms with van der Waals surface area (Å²) >= 11 is 6.25. The number of halogens is 1. The van der Waals surface area contributed by atoms with Gasteiger partial charge in [0.25, 0.3) is 0 Å². The molecule has 0 aliphatic rings. The van der Waals surface area contributed by atoms with Gasteiger partial charge in [-0.25, -0.2) is 0 Å². The Labute approximate surface area is 209 Å². The number of hydrogen-bond acceptors (Lipinski definition) is 3. The number of ether oxygens (including phenoxy) is 1. The van der Waals surface area contributed by atoms with Gasteiger partial charge in [0, 0.05) is 25.1 Å². The van der Waals surface area contributed by atoms with Crippen LogP contribution in [0.25, 0.3) is 11.1 Å². The normalized spacial score (nSPS) is 12.5. The largest absolute Gasteiger partial charge is 0.492 e. The van der Waals surface area contributed by atoms with Gasteiger partial charge in [-0.3, -0.25) is 0 Å². The lowest BCUT2D eigenvalue weighted by molar-refractivity contribution is 0.244. The topological polar surface area (TPSA) is 29.5 Å². The van der Waals surface area contributed by atoms with Crippen molar-refractivity contribution in [2.75, 3.05) is 52.1 Å². The lowest BCUT2D eigenvalue weighted by Crippen LogP contribution is -2.27. The lowest BCUT2D eigenvalue weighted by atomic mass is 9.88. The van der Waals surface area contributed by atoms with Crippen LogP contribution in [0.15, 0.2) is 84.9 Å². The first-order chi connectivity index (χ1) is 16.4. The molecule has 0 saturated carbocycles. The summed E-state index contributed by atoms with van der Waals surface area (Å²) in [4.78, 5) is 2.17. The summed E-state index contributed by atoms with van der Waals surface area (Å²) in [5.41, 5.74) is 5.93. The highest BCUT2D eigenvalue weighted by atomic mass is 35.5. The van der Waals surface area contributed by atoms with Gasteiger partial charge in [0.15, 0.2) is 0 Å². The van der Waals surface area contributed by atoms with E-state index in [1.54, 1.807) is 0 Å². The molecule has 3 aromatic carbocycles. The van der Waals surface area contributed by atoms with E-state index in [0.717, 1.165) is 37.0 Å². The third-order valence-electron chi connectivity index (χ3n) is 5.74. The zero-order valence-corrected chi connectivity index (χ0v) is 22.1. The number of rotatable bonds is 12. The van der Waals surface area contributed by atoms with Crippen LogP contribution in [-0.4, -0.2) is 57.0 Å². The molecule has 0 saturated heterocycles. The summed E-state index contributed by atoms with van der Waals surface area (Å²) in [5, 5.41) is 0. The van der Waals surface area contributed by atoms with Crippen LogP contribution in [0.2, 0.25) is 0 Å². The van der Waals surface area contributed by atoms with E-state index >= 15 is 0 Å². The second-order valence-electron chi connectivity index (χ2n) is 9.00. The highest BCUT2D eigenvalue weighted by Crippen LogP contribution is 2.36. The third kappa shape index (κ3) is 8.17. The molecule has 34 heavy (non-hydrogen) atoms. The SMILES string of the molecule is CN(CCOc1ccc(/C(=C(/CCCl)c2ccccc2)c2ccccc2)cc1)CCP(C)(C)=O.